The number of allylic oxidation sites excluding steroid dienone is 1. The van der Waals surface area contributed by atoms with E-state index in [9.17, 15) is 4.79 Å². The lowest BCUT2D eigenvalue weighted by atomic mass is 9.75. The third-order valence-electron chi connectivity index (χ3n) is 5.45. The zero-order valence-corrected chi connectivity index (χ0v) is 16.3. The molecule has 150 valence electrons. The van der Waals surface area contributed by atoms with E-state index in [1.54, 1.807) is 6.20 Å². The number of thiazole rings is 1. The van der Waals surface area contributed by atoms with Crippen molar-refractivity contribution in [1.82, 2.24) is 25.2 Å². The number of carbonyl (C=O) groups is 1. The number of rotatable bonds is 4. The summed E-state index contributed by atoms with van der Waals surface area (Å²) >= 11 is 1.51. The van der Waals surface area contributed by atoms with Crippen LogP contribution < -0.4 is 4.90 Å². The van der Waals surface area contributed by atoms with Gasteiger partial charge in [-0.15, -0.1) is 10.2 Å². The molecule has 3 aromatic rings. The molecular weight excluding hydrogens is 392 g/mol. The number of benzene rings is 1. The van der Waals surface area contributed by atoms with Crippen molar-refractivity contribution in [2.24, 2.45) is 0 Å². The minimum absolute atomic E-state index is 0. The van der Waals surface area contributed by atoms with Gasteiger partial charge in [-0.3, -0.25) is 4.79 Å². The normalized spacial score (nSPS) is 16.6. The van der Waals surface area contributed by atoms with Gasteiger partial charge < -0.3 is 15.5 Å². The van der Waals surface area contributed by atoms with Gasteiger partial charge in [0.1, 0.15) is 0 Å². The molecule has 2 aromatic heterocycles. The van der Waals surface area contributed by atoms with E-state index in [0.29, 0.717) is 5.82 Å². The number of tetrazole rings is 1. The molecule has 0 unspecified atom stereocenters. The lowest BCUT2D eigenvalue weighted by Gasteiger charge is -2.39. The number of hydrogen-bond acceptors (Lipinski definition) is 7. The van der Waals surface area contributed by atoms with E-state index >= 15 is 0 Å². The van der Waals surface area contributed by atoms with Gasteiger partial charge in [-0.1, -0.05) is 47.8 Å². The zero-order valence-electron chi connectivity index (χ0n) is 15.5. The van der Waals surface area contributed by atoms with Crippen LogP contribution in [0.4, 0.5) is 5.13 Å². The summed E-state index contributed by atoms with van der Waals surface area (Å²) in [7, 11) is 0. The molecule has 0 bridgehead atoms. The smallest absolute Gasteiger partial charge is 0.327 e. The zero-order chi connectivity index (χ0) is 19.1. The van der Waals surface area contributed by atoms with Gasteiger partial charge >= 0.3 is 5.97 Å². The molecule has 5 rings (SSSR count). The van der Waals surface area contributed by atoms with E-state index in [1.807, 2.05) is 0 Å². The van der Waals surface area contributed by atoms with E-state index in [1.165, 1.54) is 22.5 Å². The Balaban J connectivity index is 0.00000205. The summed E-state index contributed by atoms with van der Waals surface area (Å²) in [6.45, 7) is 1.57. The Morgan fingerprint density at radius 2 is 2.03 bits per heavy atom. The van der Waals surface area contributed by atoms with Crippen LogP contribution in [0.5, 0.6) is 0 Å². The molecule has 0 atom stereocenters. The van der Waals surface area contributed by atoms with Gasteiger partial charge in [-0.25, -0.2) is 4.98 Å². The Morgan fingerprint density at radius 3 is 2.83 bits per heavy atom. The van der Waals surface area contributed by atoms with Crippen molar-refractivity contribution in [3.63, 3.8) is 0 Å². The van der Waals surface area contributed by atoms with Gasteiger partial charge in [0.05, 0.1) is 11.1 Å². The fourth-order valence-corrected chi connectivity index (χ4v) is 4.90. The summed E-state index contributed by atoms with van der Waals surface area (Å²) in [6, 6.07) is 8.65. The molecule has 29 heavy (non-hydrogen) atoms. The average molecular weight is 412 g/mol. The van der Waals surface area contributed by atoms with Crippen LogP contribution in [0.25, 0.3) is 16.8 Å². The van der Waals surface area contributed by atoms with E-state index in [0.717, 1.165) is 40.7 Å². The Kier molecular flexibility index (Phi) is 4.89. The van der Waals surface area contributed by atoms with Crippen molar-refractivity contribution in [2.45, 2.75) is 24.8 Å². The van der Waals surface area contributed by atoms with E-state index in [2.05, 4.69) is 61.7 Å². The van der Waals surface area contributed by atoms with Gasteiger partial charge in [0, 0.05) is 18.5 Å². The van der Waals surface area contributed by atoms with Crippen molar-refractivity contribution >= 4 is 28.5 Å². The predicted molar refractivity (Wildman–Crippen MR) is 109 cm³/mol. The van der Waals surface area contributed by atoms with Gasteiger partial charge in [0.15, 0.2) is 11.7 Å². The lowest BCUT2D eigenvalue weighted by molar-refractivity contribution is -0.138. The molecule has 0 amide bonds. The van der Waals surface area contributed by atoms with Crippen molar-refractivity contribution in [3.8, 4) is 10.7 Å². The van der Waals surface area contributed by atoms with Crippen LogP contribution in [-0.4, -0.2) is 54.8 Å². The third kappa shape index (κ3) is 3.40. The molecule has 0 radical (unpaired) electrons. The van der Waals surface area contributed by atoms with Crippen molar-refractivity contribution in [3.05, 3.63) is 47.7 Å². The number of aliphatic carboxylic acids is 1. The number of hydrogen-bond donors (Lipinski definition) is 1. The number of aromatic nitrogens is 5. The molecule has 1 saturated heterocycles. The highest BCUT2D eigenvalue weighted by Gasteiger charge is 2.38. The van der Waals surface area contributed by atoms with Crippen LogP contribution in [-0.2, 0) is 16.8 Å². The Morgan fingerprint density at radius 1 is 1.24 bits per heavy atom. The first-order valence-corrected chi connectivity index (χ1v) is 9.94. The second kappa shape index (κ2) is 7.37. The van der Waals surface area contributed by atoms with Crippen molar-refractivity contribution in [2.75, 3.05) is 18.0 Å². The fraction of sp³-hybridized carbons (Fsp3) is 0.316. The molecule has 0 saturated carbocycles. The highest BCUT2D eigenvalue weighted by Crippen LogP contribution is 2.44. The van der Waals surface area contributed by atoms with Crippen LogP contribution in [0, 0.1) is 0 Å². The number of carboxylic acids is 1. The fourth-order valence-electron chi connectivity index (χ4n) is 4.01. The highest BCUT2D eigenvalue weighted by atomic mass is 32.1. The van der Waals surface area contributed by atoms with Crippen LogP contribution >= 0.6 is 11.3 Å². The van der Waals surface area contributed by atoms with Gasteiger partial charge in [0.2, 0.25) is 5.82 Å². The number of piperidine rings is 1. The first-order chi connectivity index (χ1) is 13.6. The maximum atomic E-state index is 10.8. The first-order valence-electron chi connectivity index (χ1n) is 9.12. The predicted octanol–water partition coefficient (Wildman–Crippen LogP) is 1.62. The topological polar surface area (TPSA) is 129 Å². The maximum Gasteiger partial charge on any atom is 0.327 e. The highest BCUT2D eigenvalue weighted by molar-refractivity contribution is 7.18. The quantitative estimate of drug-likeness (QED) is 0.689. The largest absolute Gasteiger partial charge is 0.480 e. The Labute approximate surface area is 170 Å². The van der Waals surface area contributed by atoms with Crippen LogP contribution in [0.15, 0.2) is 36.5 Å². The molecule has 2 aliphatic rings. The number of anilines is 1. The van der Waals surface area contributed by atoms with E-state index < -0.39 is 5.97 Å². The number of nitrogens with zero attached hydrogens (tertiary/aromatic N) is 6. The summed E-state index contributed by atoms with van der Waals surface area (Å²) in [5.41, 5.74) is 2.92. The number of fused-ring (bicyclic) bond motifs is 2. The summed E-state index contributed by atoms with van der Waals surface area (Å²) in [5, 5.41) is 21.6. The molecule has 3 N–H and O–H groups in total. The molecule has 1 aliphatic carbocycles. The van der Waals surface area contributed by atoms with Crippen LogP contribution in [0.3, 0.4) is 0 Å². The molecule has 1 aliphatic heterocycles. The molecule has 1 aromatic carbocycles. The summed E-state index contributed by atoms with van der Waals surface area (Å²) in [5.74, 6) is -0.593. The van der Waals surface area contributed by atoms with E-state index in [4.69, 9.17) is 5.11 Å². The Hall–Kier alpha value is -3.11. The molecular formula is C19H20N6O3S. The molecule has 3 heterocycles. The SMILES string of the molecule is O.O=C(O)Cn1nnc(-c2cnc(N3CCC4(C=Cc5ccccc54)CC3)s2)n1. The maximum absolute atomic E-state index is 10.8. The standard InChI is InChI=1S/C19H18N6O2S.H2O/c26-16(27)12-25-22-17(21-23-25)15-11-20-18(28-15)24-9-7-19(8-10-24)6-5-13-3-1-2-4-14(13)19;/h1-6,11H,7-10,12H2,(H,26,27);1H2. The molecule has 1 spiro atoms. The summed E-state index contributed by atoms with van der Waals surface area (Å²) in [4.78, 5) is 19.5. The van der Waals surface area contributed by atoms with Gasteiger partial charge in [-0.05, 0) is 29.2 Å². The monoisotopic (exact) mass is 412 g/mol. The third-order valence-corrected chi connectivity index (χ3v) is 6.50. The van der Waals surface area contributed by atoms with Crippen molar-refractivity contribution in [1.29, 1.82) is 0 Å². The average Bonchev–Trinajstić information content (AvgIpc) is 3.42. The summed E-state index contributed by atoms with van der Waals surface area (Å²) in [6.07, 6.45) is 8.47. The van der Waals surface area contributed by atoms with Gasteiger partial charge in [0.25, 0.3) is 0 Å². The summed E-state index contributed by atoms with van der Waals surface area (Å²) < 4.78 is 0. The second-order valence-electron chi connectivity index (χ2n) is 7.11. The second-order valence-corrected chi connectivity index (χ2v) is 8.12. The number of carboxylic acid groups (broad SMARTS) is 1. The lowest BCUT2D eigenvalue weighted by Crippen LogP contribution is -2.41. The van der Waals surface area contributed by atoms with Crippen molar-refractivity contribution < 1.29 is 15.4 Å². The molecule has 1 fully saturated rings. The van der Waals surface area contributed by atoms with Gasteiger partial charge in [-0.2, -0.15) is 4.80 Å². The van der Waals surface area contributed by atoms with Crippen LogP contribution in [0.2, 0.25) is 0 Å². The molecule has 9 nitrogen and oxygen atoms in total. The molecule has 10 heteroatoms. The minimum Gasteiger partial charge on any atom is -0.480 e. The minimum atomic E-state index is -1.00. The Bertz CT molecular complexity index is 1070. The van der Waals surface area contributed by atoms with Crippen LogP contribution in [0.1, 0.15) is 24.0 Å². The van der Waals surface area contributed by atoms with E-state index in [-0.39, 0.29) is 17.4 Å². The first kappa shape index (κ1) is 19.2.